The van der Waals surface area contributed by atoms with E-state index in [4.69, 9.17) is 17.3 Å². The molecule has 2 N–H and O–H groups in total. The summed E-state index contributed by atoms with van der Waals surface area (Å²) in [5.41, 5.74) is 5.72. The SMILES string of the molecule is CCCCN(C(C)CC)S(=O)(=O)c1cc(N)cc(Cl)c1F. The van der Waals surface area contributed by atoms with E-state index in [2.05, 4.69) is 0 Å². The third kappa shape index (κ3) is 4.08. The van der Waals surface area contributed by atoms with Crippen LogP contribution in [0.4, 0.5) is 10.1 Å². The van der Waals surface area contributed by atoms with Crippen LogP contribution in [0.15, 0.2) is 17.0 Å². The molecule has 0 saturated heterocycles. The summed E-state index contributed by atoms with van der Waals surface area (Å²) in [6.07, 6.45) is 2.20. The van der Waals surface area contributed by atoms with E-state index in [1.807, 2.05) is 13.8 Å². The molecule has 0 aliphatic heterocycles. The van der Waals surface area contributed by atoms with Crippen molar-refractivity contribution >= 4 is 27.3 Å². The zero-order valence-corrected chi connectivity index (χ0v) is 14.1. The second-order valence-corrected chi connectivity index (χ2v) is 7.31. The number of nitrogen functional groups attached to an aromatic ring is 1. The monoisotopic (exact) mass is 336 g/mol. The van der Waals surface area contributed by atoms with Crippen LogP contribution in [-0.4, -0.2) is 25.3 Å². The van der Waals surface area contributed by atoms with Gasteiger partial charge in [0, 0.05) is 18.3 Å². The zero-order valence-electron chi connectivity index (χ0n) is 12.6. The van der Waals surface area contributed by atoms with Gasteiger partial charge in [0.25, 0.3) is 0 Å². The minimum atomic E-state index is -3.97. The normalized spacial score (nSPS) is 13.6. The van der Waals surface area contributed by atoms with Crippen molar-refractivity contribution in [3.8, 4) is 0 Å². The van der Waals surface area contributed by atoms with E-state index in [1.165, 1.54) is 10.4 Å². The van der Waals surface area contributed by atoms with Crippen LogP contribution < -0.4 is 5.73 Å². The highest BCUT2D eigenvalue weighted by atomic mass is 35.5. The van der Waals surface area contributed by atoms with Gasteiger partial charge in [-0.3, -0.25) is 0 Å². The van der Waals surface area contributed by atoms with Crippen molar-refractivity contribution in [1.29, 1.82) is 0 Å². The van der Waals surface area contributed by atoms with Crippen LogP contribution in [0.2, 0.25) is 5.02 Å². The fraction of sp³-hybridized carbons (Fsp3) is 0.571. The molecule has 0 aromatic heterocycles. The van der Waals surface area contributed by atoms with Crippen molar-refractivity contribution in [2.75, 3.05) is 12.3 Å². The molecule has 0 aliphatic carbocycles. The van der Waals surface area contributed by atoms with Crippen LogP contribution in [0, 0.1) is 5.82 Å². The Bertz CT molecular complexity index is 593. The summed E-state index contributed by atoms with van der Waals surface area (Å²) in [7, 11) is -3.97. The summed E-state index contributed by atoms with van der Waals surface area (Å²) in [4.78, 5) is -0.455. The molecule has 0 heterocycles. The summed E-state index contributed by atoms with van der Waals surface area (Å²) in [6, 6.07) is 2.11. The number of anilines is 1. The van der Waals surface area contributed by atoms with E-state index in [-0.39, 0.29) is 16.8 Å². The van der Waals surface area contributed by atoms with E-state index in [0.717, 1.165) is 12.5 Å². The molecule has 4 nitrogen and oxygen atoms in total. The van der Waals surface area contributed by atoms with Crippen LogP contribution >= 0.6 is 11.6 Å². The molecule has 1 rings (SSSR count). The molecule has 1 aromatic carbocycles. The fourth-order valence-electron chi connectivity index (χ4n) is 1.99. The average Bonchev–Trinajstić information content (AvgIpc) is 2.42. The van der Waals surface area contributed by atoms with Gasteiger partial charge in [-0.25, -0.2) is 12.8 Å². The van der Waals surface area contributed by atoms with Gasteiger partial charge in [-0.15, -0.1) is 0 Å². The molecule has 7 heteroatoms. The van der Waals surface area contributed by atoms with Gasteiger partial charge in [0.15, 0.2) is 5.82 Å². The second kappa shape index (κ2) is 7.42. The van der Waals surface area contributed by atoms with Crippen molar-refractivity contribution in [3.63, 3.8) is 0 Å². The molecular formula is C14H22ClFN2O2S. The first kappa shape index (κ1) is 18.2. The predicted molar refractivity (Wildman–Crippen MR) is 84.4 cm³/mol. The highest BCUT2D eigenvalue weighted by Gasteiger charge is 2.31. The van der Waals surface area contributed by atoms with E-state index >= 15 is 0 Å². The lowest BCUT2D eigenvalue weighted by molar-refractivity contribution is 0.323. The maximum Gasteiger partial charge on any atom is 0.246 e. The van der Waals surface area contributed by atoms with E-state index < -0.39 is 20.7 Å². The number of unbranched alkanes of at least 4 members (excludes halogenated alkanes) is 1. The third-order valence-electron chi connectivity index (χ3n) is 3.42. The highest BCUT2D eigenvalue weighted by molar-refractivity contribution is 7.89. The Hall–Kier alpha value is -0.850. The van der Waals surface area contributed by atoms with Gasteiger partial charge in [-0.05, 0) is 31.9 Å². The summed E-state index contributed by atoms with van der Waals surface area (Å²) < 4.78 is 40.9. The molecule has 0 bridgehead atoms. The number of halogens is 2. The van der Waals surface area contributed by atoms with Gasteiger partial charge < -0.3 is 5.73 Å². The van der Waals surface area contributed by atoms with Crippen molar-refractivity contribution in [3.05, 3.63) is 23.0 Å². The number of rotatable bonds is 7. The van der Waals surface area contributed by atoms with Crippen LogP contribution in [-0.2, 0) is 10.0 Å². The summed E-state index contributed by atoms with van der Waals surface area (Å²) in [5, 5.41) is -0.284. The smallest absolute Gasteiger partial charge is 0.246 e. The number of benzene rings is 1. The van der Waals surface area contributed by atoms with Gasteiger partial charge in [-0.2, -0.15) is 4.31 Å². The molecule has 0 saturated carbocycles. The van der Waals surface area contributed by atoms with Gasteiger partial charge >= 0.3 is 0 Å². The van der Waals surface area contributed by atoms with Crippen molar-refractivity contribution in [1.82, 2.24) is 4.31 Å². The second-order valence-electron chi connectivity index (χ2n) is 5.04. The number of nitrogens with two attached hydrogens (primary N) is 1. The first-order valence-corrected chi connectivity index (χ1v) is 8.83. The number of nitrogens with zero attached hydrogens (tertiary/aromatic N) is 1. The number of hydrogen-bond acceptors (Lipinski definition) is 3. The Morgan fingerprint density at radius 2 is 2.00 bits per heavy atom. The topological polar surface area (TPSA) is 63.4 Å². The number of hydrogen-bond donors (Lipinski definition) is 1. The Balaban J connectivity index is 3.35. The van der Waals surface area contributed by atoms with E-state index in [0.29, 0.717) is 19.4 Å². The summed E-state index contributed by atoms with van der Waals surface area (Å²) in [6.45, 7) is 6.01. The van der Waals surface area contributed by atoms with Crippen molar-refractivity contribution < 1.29 is 12.8 Å². The molecular weight excluding hydrogens is 315 g/mol. The summed E-state index contributed by atoms with van der Waals surface area (Å²) >= 11 is 5.71. The number of sulfonamides is 1. The lowest BCUT2D eigenvalue weighted by atomic mass is 10.2. The standard InChI is InChI=1S/C14H22ClFN2O2S/c1-4-6-7-18(10(3)5-2)21(19,20)13-9-11(17)8-12(15)14(13)16/h8-10H,4-7,17H2,1-3H3. The summed E-state index contributed by atoms with van der Waals surface area (Å²) in [5.74, 6) is -0.948. The Morgan fingerprint density at radius 3 is 2.52 bits per heavy atom. The van der Waals surface area contributed by atoms with E-state index in [9.17, 15) is 12.8 Å². The maximum absolute atomic E-state index is 14.1. The first-order chi connectivity index (χ1) is 9.75. The van der Waals surface area contributed by atoms with Crippen LogP contribution in [0.1, 0.15) is 40.0 Å². The fourth-order valence-corrected chi connectivity index (χ4v) is 4.14. The van der Waals surface area contributed by atoms with Gasteiger partial charge in [-0.1, -0.05) is 31.9 Å². The average molecular weight is 337 g/mol. The molecule has 21 heavy (non-hydrogen) atoms. The molecule has 0 aliphatic rings. The van der Waals surface area contributed by atoms with Crippen LogP contribution in [0.25, 0.3) is 0 Å². The van der Waals surface area contributed by atoms with E-state index in [1.54, 1.807) is 6.92 Å². The van der Waals surface area contributed by atoms with Gasteiger partial charge in [0.2, 0.25) is 10.0 Å². The Morgan fingerprint density at radius 1 is 1.38 bits per heavy atom. The lowest BCUT2D eigenvalue weighted by Gasteiger charge is -2.28. The van der Waals surface area contributed by atoms with Crippen LogP contribution in [0.3, 0.4) is 0 Å². The molecule has 0 spiro atoms. The van der Waals surface area contributed by atoms with Gasteiger partial charge in [0.05, 0.1) is 5.02 Å². The molecule has 1 atom stereocenters. The molecule has 0 fully saturated rings. The molecule has 1 aromatic rings. The predicted octanol–water partition coefficient (Wildman–Crippen LogP) is 3.65. The lowest BCUT2D eigenvalue weighted by Crippen LogP contribution is -2.39. The Labute approximate surface area is 131 Å². The largest absolute Gasteiger partial charge is 0.399 e. The Kier molecular flexibility index (Phi) is 6.43. The quantitative estimate of drug-likeness (QED) is 0.773. The zero-order chi connectivity index (χ0) is 16.2. The minimum absolute atomic E-state index is 0.125. The molecule has 0 amide bonds. The molecule has 120 valence electrons. The maximum atomic E-state index is 14.1. The highest BCUT2D eigenvalue weighted by Crippen LogP contribution is 2.29. The molecule has 1 unspecified atom stereocenters. The molecule has 0 radical (unpaired) electrons. The van der Waals surface area contributed by atoms with Crippen molar-refractivity contribution in [2.45, 2.75) is 51.0 Å². The first-order valence-electron chi connectivity index (χ1n) is 7.02. The van der Waals surface area contributed by atoms with Crippen LogP contribution in [0.5, 0.6) is 0 Å². The van der Waals surface area contributed by atoms with Crippen molar-refractivity contribution in [2.24, 2.45) is 0 Å². The third-order valence-corrected chi connectivity index (χ3v) is 5.71. The van der Waals surface area contributed by atoms with Gasteiger partial charge in [0.1, 0.15) is 4.90 Å². The minimum Gasteiger partial charge on any atom is -0.399 e.